The summed E-state index contributed by atoms with van der Waals surface area (Å²) in [5, 5.41) is 23.2. The third kappa shape index (κ3) is 7.46. The molecule has 1 aromatic carbocycles. The Morgan fingerprint density at radius 1 is 1.04 bits per heavy atom. The van der Waals surface area contributed by atoms with Crippen molar-refractivity contribution in [1.82, 2.24) is 10.6 Å². The maximum absolute atomic E-state index is 11.6. The highest BCUT2D eigenvalue weighted by Crippen LogP contribution is 2.08. The van der Waals surface area contributed by atoms with Gasteiger partial charge in [-0.25, -0.2) is 4.79 Å². The van der Waals surface area contributed by atoms with Crippen molar-refractivity contribution >= 4 is 29.4 Å². The Labute approximate surface area is 132 Å². The van der Waals surface area contributed by atoms with Gasteiger partial charge >= 0.3 is 12.0 Å². The molecule has 7 N–H and O–H groups in total. The fourth-order valence-electron chi connectivity index (χ4n) is 1.60. The van der Waals surface area contributed by atoms with Crippen molar-refractivity contribution in [1.29, 1.82) is 5.41 Å². The van der Waals surface area contributed by atoms with Gasteiger partial charge in [0.1, 0.15) is 5.84 Å². The second kappa shape index (κ2) is 9.03. The molecular formula is C14H19N5O4. The minimum atomic E-state index is -0.987. The number of carboxylic acids is 1. The van der Waals surface area contributed by atoms with E-state index in [1.807, 2.05) is 0 Å². The van der Waals surface area contributed by atoms with E-state index in [1.54, 1.807) is 24.3 Å². The average Bonchev–Trinajstić information content (AvgIpc) is 2.47. The molecule has 0 aliphatic rings. The van der Waals surface area contributed by atoms with Crippen molar-refractivity contribution in [3.63, 3.8) is 0 Å². The van der Waals surface area contributed by atoms with Gasteiger partial charge in [0.15, 0.2) is 0 Å². The molecule has 1 rings (SSSR count). The lowest BCUT2D eigenvalue weighted by Gasteiger charge is -2.08. The number of carbonyl (C=O) groups is 3. The van der Waals surface area contributed by atoms with Crippen LogP contribution >= 0.6 is 0 Å². The third-order valence-electron chi connectivity index (χ3n) is 2.75. The first-order valence-electron chi connectivity index (χ1n) is 6.86. The van der Waals surface area contributed by atoms with Crippen LogP contribution in [0.2, 0.25) is 0 Å². The Morgan fingerprint density at radius 2 is 1.65 bits per heavy atom. The average molecular weight is 321 g/mol. The highest BCUT2D eigenvalue weighted by Gasteiger charge is 2.05. The van der Waals surface area contributed by atoms with Gasteiger partial charge in [-0.3, -0.25) is 15.0 Å². The molecule has 0 aromatic heterocycles. The summed E-state index contributed by atoms with van der Waals surface area (Å²) in [6.45, 7) is 0.180. The number of anilines is 1. The van der Waals surface area contributed by atoms with Gasteiger partial charge in [-0.2, -0.15) is 0 Å². The van der Waals surface area contributed by atoms with Gasteiger partial charge in [0.2, 0.25) is 5.91 Å². The molecule has 9 heteroatoms. The van der Waals surface area contributed by atoms with Crippen LogP contribution in [-0.2, 0) is 9.59 Å². The lowest BCUT2D eigenvalue weighted by molar-refractivity contribution is -0.136. The number of hydrogen-bond acceptors (Lipinski definition) is 4. The van der Waals surface area contributed by atoms with Crippen LogP contribution in [0, 0.1) is 5.41 Å². The van der Waals surface area contributed by atoms with Gasteiger partial charge in [-0.1, -0.05) is 0 Å². The lowest BCUT2D eigenvalue weighted by atomic mass is 10.2. The van der Waals surface area contributed by atoms with Crippen LogP contribution in [0.25, 0.3) is 0 Å². The molecular weight excluding hydrogens is 302 g/mol. The largest absolute Gasteiger partial charge is 0.481 e. The van der Waals surface area contributed by atoms with Gasteiger partial charge in [0.05, 0.1) is 6.42 Å². The quantitative estimate of drug-likeness (QED) is 0.295. The molecule has 0 spiro atoms. The van der Waals surface area contributed by atoms with Crippen molar-refractivity contribution in [2.45, 2.75) is 12.8 Å². The first kappa shape index (κ1) is 18.0. The summed E-state index contributed by atoms with van der Waals surface area (Å²) in [5.41, 5.74) is 6.40. The van der Waals surface area contributed by atoms with E-state index in [4.69, 9.17) is 16.2 Å². The molecule has 0 aliphatic heterocycles. The van der Waals surface area contributed by atoms with E-state index in [0.29, 0.717) is 11.3 Å². The second-order valence-electron chi connectivity index (χ2n) is 4.62. The molecule has 124 valence electrons. The molecule has 0 saturated carbocycles. The van der Waals surface area contributed by atoms with E-state index in [-0.39, 0.29) is 37.7 Å². The summed E-state index contributed by atoms with van der Waals surface area (Å²) in [4.78, 5) is 33.3. The minimum absolute atomic E-state index is 0.0519. The van der Waals surface area contributed by atoms with Crippen LogP contribution in [0.4, 0.5) is 10.5 Å². The lowest BCUT2D eigenvalue weighted by Crippen LogP contribution is -2.33. The number of aliphatic carboxylic acids is 1. The van der Waals surface area contributed by atoms with Crippen molar-refractivity contribution < 1.29 is 19.5 Å². The molecule has 23 heavy (non-hydrogen) atoms. The number of amidine groups is 1. The highest BCUT2D eigenvalue weighted by molar-refractivity contribution is 5.96. The molecule has 0 radical (unpaired) electrons. The van der Waals surface area contributed by atoms with Gasteiger partial charge in [0.25, 0.3) is 0 Å². The van der Waals surface area contributed by atoms with E-state index in [9.17, 15) is 14.4 Å². The highest BCUT2D eigenvalue weighted by atomic mass is 16.4. The first-order valence-corrected chi connectivity index (χ1v) is 6.86. The zero-order valence-corrected chi connectivity index (χ0v) is 12.4. The number of hydrogen-bond donors (Lipinski definition) is 6. The molecule has 0 unspecified atom stereocenters. The van der Waals surface area contributed by atoms with Crippen molar-refractivity contribution in [3.8, 4) is 0 Å². The number of urea groups is 1. The maximum atomic E-state index is 11.6. The summed E-state index contributed by atoms with van der Waals surface area (Å²) < 4.78 is 0. The zero-order chi connectivity index (χ0) is 17.2. The number of rotatable bonds is 8. The van der Waals surface area contributed by atoms with E-state index < -0.39 is 12.0 Å². The molecule has 0 heterocycles. The Hall–Kier alpha value is -3.10. The molecule has 9 nitrogen and oxygen atoms in total. The molecule has 0 saturated heterocycles. The summed E-state index contributed by atoms with van der Waals surface area (Å²) in [5.74, 6) is -1.38. The van der Waals surface area contributed by atoms with Crippen molar-refractivity contribution in [2.24, 2.45) is 5.73 Å². The van der Waals surface area contributed by atoms with E-state index in [0.717, 1.165) is 0 Å². The predicted octanol–water partition coefficient (Wildman–Crippen LogP) is 0.0732. The summed E-state index contributed by atoms with van der Waals surface area (Å²) in [6.07, 6.45) is -0.0910. The SMILES string of the molecule is N=C(N)c1ccc(NC(=O)NCCC(=O)NCCC(=O)O)cc1. The van der Waals surface area contributed by atoms with E-state index in [2.05, 4.69) is 16.0 Å². The van der Waals surface area contributed by atoms with Gasteiger partial charge in [-0.05, 0) is 24.3 Å². The fraction of sp³-hybridized carbons (Fsp3) is 0.286. The fourth-order valence-corrected chi connectivity index (χ4v) is 1.60. The molecule has 0 aliphatic carbocycles. The van der Waals surface area contributed by atoms with Crippen LogP contribution in [0.15, 0.2) is 24.3 Å². The molecule has 0 fully saturated rings. The van der Waals surface area contributed by atoms with Crippen LogP contribution < -0.4 is 21.7 Å². The summed E-state index contributed by atoms with van der Waals surface area (Å²) >= 11 is 0. The van der Waals surface area contributed by atoms with Gasteiger partial charge in [0, 0.05) is 30.8 Å². The Bertz CT molecular complexity index is 585. The van der Waals surface area contributed by atoms with Crippen LogP contribution in [0.3, 0.4) is 0 Å². The number of carbonyl (C=O) groups excluding carboxylic acids is 2. The maximum Gasteiger partial charge on any atom is 0.319 e. The predicted molar refractivity (Wildman–Crippen MR) is 84.4 cm³/mol. The molecule has 1 aromatic rings. The normalized spacial score (nSPS) is 9.74. The monoisotopic (exact) mass is 321 g/mol. The summed E-state index contributed by atoms with van der Waals surface area (Å²) in [6, 6.07) is 5.95. The number of nitrogen functional groups attached to an aromatic ring is 1. The Balaban J connectivity index is 2.25. The minimum Gasteiger partial charge on any atom is -0.481 e. The number of amides is 3. The summed E-state index contributed by atoms with van der Waals surface area (Å²) in [7, 11) is 0. The second-order valence-corrected chi connectivity index (χ2v) is 4.62. The molecule has 0 bridgehead atoms. The van der Waals surface area contributed by atoms with Crippen LogP contribution in [0.5, 0.6) is 0 Å². The topological polar surface area (TPSA) is 157 Å². The van der Waals surface area contributed by atoms with E-state index >= 15 is 0 Å². The number of nitrogens with two attached hydrogens (primary N) is 1. The van der Waals surface area contributed by atoms with E-state index in [1.165, 1.54) is 0 Å². The van der Waals surface area contributed by atoms with Crippen molar-refractivity contribution in [2.75, 3.05) is 18.4 Å². The standard InChI is InChI=1S/C14H19N5O4/c15-13(16)9-1-3-10(4-2-9)19-14(23)18-7-5-11(20)17-8-6-12(21)22/h1-4H,5-8H2,(H3,15,16)(H,17,20)(H,21,22)(H2,18,19,23). The smallest absolute Gasteiger partial charge is 0.319 e. The van der Waals surface area contributed by atoms with Gasteiger partial charge in [-0.15, -0.1) is 0 Å². The van der Waals surface area contributed by atoms with Crippen LogP contribution in [-0.4, -0.2) is 41.9 Å². The molecule has 3 amide bonds. The van der Waals surface area contributed by atoms with Crippen LogP contribution in [0.1, 0.15) is 18.4 Å². The first-order chi connectivity index (χ1) is 10.9. The third-order valence-corrected chi connectivity index (χ3v) is 2.75. The number of nitrogens with one attached hydrogen (secondary N) is 4. The zero-order valence-electron chi connectivity index (χ0n) is 12.4. The Kier molecular flexibility index (Phi) is 7.05. The van der Waals surface area contributed by atoms with Crippen molar-refractivity contribution in [3.05, 3.63) is 29.8 Å². The number of benzene rings is 1. The van der Waals surface area contributed by atoms with Gasteiger partial charge < -0.3 is 26.8 Å². The number of carboxylic acid groups (broad SMARTS) is 1. The Morgan fingerprint density at radius 3 is 2.22 bits per heavy atom. The molecule has 0 atom stereocenters.